The number of imide groups is 1. The number of rotatable bonds is 5. The van der Waals surface area contributed by atoms with Crippen molar-refractivity contribution in [2.24, 2.45) is 35.5 Å². The lowest BCUT2D eigenvalue weighted by Crippen LogP contribution is -2.49. The summed E-state index contributed by atoms with van der Waals surface area (Å²) in [5, 5.41) is 2.92. The predicted octanol–water partition coefficient (Wildman–Crippen LogP) is 3.29. The van der Waals surface area contributed by atoms with Gasteiger partial charge in [0.15, 0.2) is 0 Å². The van der Waals surface area contributed by atoms with Crippen molar-refractivity contribution in [3.05, 3.63) is 78.4 Å². The molecule has 1 aliphatic heterocycles. The number of allylic oxidation sites excluding steroid dienone is 2. The van der Waals surface area contributed by atoms with Crippen LogP contribution in [0, 0.1) is 35.5 Å². The maximum absolute atomic E-state index is 13.6. The first-order valence-electron chi connectivity index (χ1n) is 11.1. The molecule has 3 fully saturated rings. The maximum Gasteiger partial charge on any atom is 0.248 e. The first-order valence-corrected chi connectivity index (χ1v) is 11.1. The minimum absolute atomic E-state index is 0.149. The molecule has 5 nitrogen and oxygen atoms in total. The quantitative estimate of drug-likeness (QED) is 0.605. The van der Waals surface area contributed by atoms with Crippen molar-refractivity contribution in [1.82, 2.24) is 4.90 Å². The van der Waals surface area contributed by atoms with E-state index in [-0.39, 0.29) is 41.4 Å². The Balaban J connectivity index is 1.34. The molecule has 4 aliphatic carbocycles. The summed E-state index contributed by atoms with van der Waals surface area (Å²) < 4.78 is 0. The topological polar surface area (TPSA) is 66.5 Å². The molecule has 5 heteroatoms. The third-order valence-corrected chi connectivity index (χ3v) is 7.62. The van der Waals surface area contributed by atoms with Gasteiger partial charge in [0.05, 0.1) is 11.8 Å². The predicted molar refractivity (Wildman–Crippen MR) is 116 cm³/mol. The van der Waals surface area contributed by atoms with E-state index in [1.54, 1.807) is 0 Å². The van der Waals surface area contributed by atoms with Gasteiger partial charge in [0, 0.05) is 12.1 Å². The first-order chi connectivity index (χ1) is 15.1. The van der Waals surface area contributed by atoms with E-state index in [4.69, 9.17) is 0 Å². The highest BCUT2D eigenvalue weighted by atomic mass is 16.2. The van der Waals surface area contributed by atoms with Crippen molar-refractivity contribution < 1.29 is 14.4 Å². The van der Waals surface area contributed by atoms with Crippen LogP contribution in [-0.4, -0.2) is 28.7 Å². The highest BCUT2D eigenvalue weighted by molar-refractivity contribution is 6.10. The Hall–Kier alpha value is -3.21. The molecule has 3 amide bonds. The summed E-state index contributed by atoms with van der Waals surface area (Å²) in [6, 6.07) is 17.9. The monoisotopic (exact) mass is 412 g/mol. The van der Waals surface area contributed by atoms with E-state index in [9.17, 15) is 14.4 Å². The number of hydrogen-bond acceptors (Lipinski definition) is 3. The Morgan fingerprint density at radius 1 is 0.871 bits per heavy atom. The van der Waals surface area contributed by atoms with Crippen LogP contribution in [0.25, 0.3) is 0 Å². The van der Waals surface area contributed by atoms with Gasteiger partial charge < -0.3 is 5.32 Å². The van der Waals surface area contributed by atoms with Crippen LogP contribution in [-0.2, 0) is 20.8 Å². The summed E-state index contributed by atoms with van der Waals surface area (Å²) in [4.78, 5) is 41.9. The Morgan fingerprint density at radius 2 is 1.42 bits per heavy atom. The van der Waals surface area contributed by atoms with Gasteiger partial charge in [-0.3, -0.25) is 19.3 Å². The van der Waals surface area contributed by atoms with E-state index in [2.05, 4.69) is 17.5 Å². The smallest absolute Gasteiger partial charge is 0.248 e. The second-order valence-corrected chi connectivity index (χ2v) is 9.26. The van der Waals surface area contributed by atoms with E-state index in [1.165, 1.54) is 4.90 Å². The molecule has 1 heterocycles. The molecule has 1 saturated heterocycles. The summed E-state index contributed by atoms with van der Waals surface area (Å²) in [5.74, 6) is 0.140. The molecule has 2 aromatic carbocycles. The number of nitrogens with one attached hydrogen (secondary N) is 1. The third-order valence-electron chi connectivity index (χ3n) is 7.62. The van der Waals surface area contributed by atoms with Gasteiger partial charge in [0.25, 0.3) is 0 Å². The van der Waals surface area contributed by atoms with E-state index < -0.39 is 6.04 Å². The zero-order chi connectivity index (χ0) is 21.1. The number of anilines is 1. The summed E-state index contributed by atoms with van der Waals surface area (Å²) in [6.45, 7) is 0. The fraction of sp³-hybridized carbons (Fsp3) is 0.346. The van der Waals surface area contributed by atoms with Crippen molar-refractivity contribution in [1.29, 1.82) is 0 Å². The molecule has 0 aromatic heterocycles. The lowest BCUT2D eigenvalue weighted by Gasteiger charge is -2.37. The van der Waals surface area contributed by atoms with Gasteiger partial charge in [0.2, 0.25) is 17.7 Å². The van der Waals surface area contributed by atoms with Crippen molar-refractivity contribution in [3.8, 4) is 0 Å². The number of amides is 3. The maximum atomic E-state index is 13.6. The highest BCUT2D eigenvalue weighted by Gasteiger charge is 2.67. The van der Waals surface area contributed by atoms with Gasteiger partial charge in [-0.15, -0.1) is 0 Å². The van der Waals surface area contributed by atoms with Crippen molar-refractivity contribution in [2.75, 3.05) is 5.32 Å². The molecule has 2 aromatic rings. The summed E-state index contributed by atoms with van der Waals surface area (Å²) in [6.07, 6.45) is 5.75. The number of nitrogens with zero attached hydrogens (tertiary/aromatic N) is 1. The molecule has 156 valence electrons. The minimum atomic E-state index is -0.857. The molecule has 2 saturated carbocycles. The molecule has 0 unspecified atom stereocenters. The summed E-state index contributed by atoms with van der Waals surface area (Å²) >= 11 is 0. The third kappa shape index (κ3) is 2.87. The lowest BCUT2D eigenvalue weighted by molar-refractivity contribution is -0.146. The average Bonchev–Trinajstić information content (AvgIpc) is 3.58. The van der Waals surface area contributed by atoms with Gasteiger partial charge in [0.1, 0.15) is 6.04 Å². The average molecular weight is 412 g/mol. The molecular formula is C26H24N2O3. The number of carbonyl (C=O) groups is 3. The number of hydrogen-bond donors (Lipinski definition) is 1. The summed E-state index contributed by atoms with van der Waals surface area (Å²) in [7, 11) is 0. The first kappa shape index (κ1) is 18.6. The number of benzene rings is 2. The van der Waals surface area contributed by atoms with Gasteiger partial charge in [-0.1, -0.05) is 60.7 Å². The molecule has 7 atom stereocenters. The summed E-state index contributed by atoms with van der Waals surface area (Å²) in [5.41, 5.74) is 1.58. The van der Waals surface area contributed by atoms with Crippen LogP contribution >= 0.6 is 0 Å². The Labute approximate surface area is 181 Å². The van der Waals surface area contributed by atoms with Crippen LogP contribution in [0.15, 0.2) is 72.8 Å². The molecule has 0 radical (unpaired) electrons. The van der Waals surface area contributed by atoms with Crippen molar-refractivity contribution in [2.45, 2.75) is 18.9 Å². The zero-order valence-electron chi connectivity index (χ0n) is 17.1. The van der Waals surface area contributed by atoms with Crippen LogP contribution in [0.1, 0.15) is 12.0 Å². The van der Waals surface area contributed by atoms with Crippen molar-refractivity contribution in [3.63, 3.8) is 0 Å². The standard InChI is InChI=1S/C26H24N2O3/c29-24(27-16-9-5-2-6-10-16)21(13-15-7-3-1-4-8-15)28-25(30)22-17-11-12-18(20-14-19(17)20)23(22)26(28)31/h1-12,17-23H,13-14H2,(H,27,29)/t17-,18-,19-,20-,21-,22-,23+/m1/s1. The highest BCUT2D eigenvalue weighted by Crippen LogP contribution is 2.65. The van der Waals surface area contributed by atoms with E-state index in [1.807, 2.05) is 60.7 Å². The zero-order valence-corrected chi connectivity index (χ0v) is 17.1. The van der Waals surface area contributed by atoms with Crippen molar-refractivity contribution >= 4 is 23.4 Å². The number of likely N-dealkylation sites (tertiary alicyclic amines) is 1. The molecule has 0 spiro atoms. The Bertz CT molecular complexity index is 1040. The molecule has 5 aliphatic rings. The molecule has 31 heavy (non-hydrogen) atoms. The Morgan fingerprint density at radius 3 is 2.00 bits per heavy atom. The second-order valence-electron chi connectivity index (χ2n) is 9.26. The fourth-order valence-electron chi connectivity index (χ4n) is 6.17. The Kier molecular flexibility index (Phi) is 4.13. The second kappa shape index (κ2) is 6.91. The van der Waals surface area contributed by atoms with Gasteiger partial charge in [-0.25, -0.2) is 0 Å². The van der Waals surface area contributed by atoms with E-state index in [0.717, 1.165) is 12.0 Å². The normalized spacial score (nSPS) is 33.1. The van der Waals surface area contributed by atoms with Gasteiger partial charge >= 0.3 is 0 Å². The molecular weight excluding hydrogens is 388 g/mol. The molecule has 2 bridgehead atoms. The van der Waals surface area contributed by atoms with Crippen LogP contribution < -0.4 is 5.32 Å². The minimum Gasteiger partial charge on any atom is -0.324 e. The largest absolute Gasteiger partial charge is 0.324 e. The van der Waals surface area contributed by atoms with E-state index >= 15 is 0 Å². The van der Waals surface area contributed by atoms with E-state index in [0.29, 0.717) is 23.9 Å². The molecule has 1 N–H and O–H groups in total. The molecule has 7 rings (SSSR count). The van der Waals surface area contributed by atoms with Crippen LogP contribution in [0.2, 0.25) is 0 Å². The number of carbonyl (C=O) groups excluding carboxylic acids is 3. The number of para-hydroxylation sites is 1. The fourth-order valence-corrected chi connectivity index (χ4v) is 6.17. The lowest BCUT2D eigenvalue weighted by atomic mass is 9.63. The SMILES string of the molecule is O=C(Nc1ccccc1)[C@@H](Cc1ccccc1)N1C(=O)[C@@H]2[C@@H]3C=C[C@H]([C@H]4C[C@H]34)[C@@H]2C1=O. The van der Waals surface area contributed by atoms with Gasteiger partial charge in [-0.05, 0) is 47.8 Å². The van der Waals surface area contributed by atoms with Gasteiger partial charge in [-0.2, -0.15) is 0 Å². The van der Waals surface area contributed by atoms with Crippen LogP contribution in [0.5, 0.6) is 0 Å². The van der Waals surface area contributed by atoms with Crippen LogP contribution in [0.3, 0.4) is 0 Å². The van der Waals surface area contributed by atoms with Crippen LogP contribution in [0.4, 0.5) is 5.69 Å².